The molecule has 0 N–H and O–H groups in total. The number of fused-ring (bicyclic) bond motifs is 1. The standard InChI is InChI=1S/C18H20N2O3/c21-16-11-17(22)20(18(23)19(16)14-7-3-4-8-14)15-9-12-5-1-2-6-13(12)10-15/h1-2,5-6,14-15H,3-4,7-11H2. The van der Waals surface area contributed by atoms with Crippen LogP contribution in [0, 0.1) is 0 Å². The second-order valence-electron chi connectivity index (χ2n) is 6.76. The molecule has 1 aromatic carbocycles. The molecule has 1 aliphatic heterocycles. The zero-order chi connectivity index (χ0) is 16.0. The molecule has 0 atom stereocenters. The predicted octanol–water partition coefficient (Wildman–Crippen LogP) is 2.28. The van der Waals surface area contributed by atoms with E-state index in [2.05, 4.69) is 0 Å². The van der Waals surface area contributed by atoms with Gasteiger partial charge in [-0.05, 0) is 36.8 Å². The van der Waals surface area contributed by atoms with Crippen LogP contribution in [-0.4, -0.2) is 39.7 Å². The SMILES string of the molecule is O=C1CC(=O)N(C2Cc3ccccc3C2)C(=O)N1C1CCCC1. The van der Waals surface area contributed by atoms with Crippen molar-refractivity contribution in [2.45, 2.75) is 57.0 Å². The molecule has 5 heteroatoms. The summed E-state index contributed by atoms with van der Waals surface area (Å²) in [6.07, 6.45) is 5.04. The van der Waals surface area contributed by atoms with E-state index in [9.17, 15) is 14.4 Å². The monoisotopic (exact) mass is 312 g/mol. The summed E-state index contributed by atoms with van der Waals surface area (Å²) in [5, 5.41) is 0. The van der Waals surface area contributed by atoms with Crippen LogP contribution in [0.4, 0.5) is 4.79 Å². The van der Waals surface area contributed by atoms with Gasteiger partial charge in [0.25, 0.3) is 0 Å². The van der Waals surface area contributed by atoms with Crippen LogP contribution in [0.2, 0.25) is 0 Å². The molecule has 0 unspecified atom stereocenters. The first-order chi connectivity index (χ1) is 11.1. The van der Waals surface area contributed by atoms with Crippen molar-refractivity contribution < 1.29 is 14.4 Å². The summed E-state index contributed by atoms with van der Waals surface area (Å²) in [6, 6.07) is 7.50. The third-order valence-electron chi connectivity index (χ3n) is 5.34. The number of carbonyl (C=O) groups excluding carboxylic acids is 3. The van der Waals surface area contributed by atoms with Gasteiger partial charge in [-0.15, -0.1) is 0 Å². The Hall–Kier alpha value is -2.17. The minimum atomic E-state index is -0.393. The number of amides is 4. The van der Waals surface area contributed by atoms with Gasteiger partial charge in [0.15, 0.2) is 0 Å². The first-order valence-corrected chi connectivity index (χ1v) is 8.40. The molecule has 0 aromatic heterocycles. The molecule has 1 heterocycles. The van der Waals surface area contributed by atoms with E-state index >= 15 is 0 Å². The Morgan fingerprint density at radius 3 is 1.87 bits per heavy atom. The minimum absolute atomic E-state index is 0.0191. The molecule has 4 amide bonds. The quantitative estimate of drug-likeness (QED) is 0.787. The number of barbiturate groups is 1. The molecule has 23 heavy (non-hydrogen) atoms. The van der Waals surface area contributed by atoms with E-state index < -0.39 is 6.03 Å². The molecule has 2 fully saturated rings. The van der Waals surface area contributed by atoms with Gasteiger partial charge in [-0.2, -0.15) is 0 Å². The third kappa shape index (κ3) is 2.35. The van der Waals surface area contributed by atoms with E-state index in [-0.39, 0.29) is 30.3 Å². The van der Waals surface area contributed by atoms with Crippen LogP contribution in [0.15, 0.2) is 24.3 Å². The highest BCUT2D eigenvalue weighted by Gasteiger charge is 2.45. The smallest absolute Gasteiger partial charge is 0.274 e. The molecule has 5 nitrogen and oxygen atoms in total. The first-order valence-electron chi connectivity index (χ1n) is 8.40. The van der Waals surface area contributed by atoms with Gasteiger partial charge >= 0.3 is 6.03 Å². The number of carbonyl (C=O) groups is 3. The summed E-state index contributed by atoms with van der Waals surface area (Å²) < 4.78 is 0. The molecule has 0 radical (unpaired) electrons. The van der Waals surface area contributed by atoms with Crippen molar-refractivity contribution in [3.05, 3.63) is 35.4 Å². The van der Waals surface area contributed by atoms with Gasteiger partial charge in [-0.1, -0.05) is 37.1 Å². The van der Waals surface area contributed by atoms with Crippen molar-refractivity contribution in [3.63, 3.8) is 0 Å². The van der Waals surface area contributed by atoms with Crippen LogP contribution in [0.3, 0.4) is 0 Å². The topological polar surface area (TPSA) is 57.7 Å². The van der Waals surface area contributed by atoms with Crippen molar-refractivity contribution in [1.29, 1.82) is 0 Å². The molecule has 3 aliphatic rings. The van der Waals surface area contributed by atoms with Crippen molar-refractivity contribution in [1.82, 2.24) is 9.80 Å². The maximum Gasteiger partial charge on any atom is 0.333 e. The molecule has 2 aliphatic carbocycles. The van der Waals surface area contributed by atoms with Crippen LogP contribution in [0.5, 0.6) is 0 Å². The fourth-order valence-corrected chi connectivity index (χ4v) is 4.23. The summed E-state index contributed by atoms with van der Waals surface area (Å²) in [6.45, 7) is 0. The lowest BCUT2D eigenvalue weighted by Crippen LogP contribution is -2.60. The number of rotatable bonds is 2. The van der Waals surface area contributed by atoms with E-state index in [1.807, 2.05) is 24.3 Å². The normalized spacial score (nSPS) is 23.0. The third-order valence-corrected chi connectivity index (χ3v) is 5.34. The fraction of sp³-hybridized carbons (Fsp3) is 0.500. The second-order valence-corrected chi connectivity index (χ2v) is 6.76. The highest BCUT2D eigenvalue weighted by Crippen LogP contribution is 2.31. The largest absolute Gasteiger partial charge is 0.333 e. The van der Waals surface area contributed by atoms with Crippen molar-refractivity contribution >= 4 is 17.8 Å². The average molecular weight is 312 g/mol. The molecule has 4 rings (SSSR count). The highest BCUT2D eigenvalue weighted by atomic mass is 16.2. The Morgan fingerprint density at radius 1 is 0.783 bits per heavy atom. The van der Waals surface area contributed by atoms with Gasteiger partial charge in [0.05, 0.1) is 0 Å². The van der Waals surface area contributed by atoms with Crippen molar-refractivity contribution in [3.8, 4) is 0 Å². The molecule has 120 valence electrons. The van der Waals surface area contributed by atoms with E-state index in [0.717, 1.165) is 25.7 Å². The lowest BCUT2D eigenvalue weighted by molar-refractivity contribution is -0.145. The van der Waals surface area contributed by atoms with Gasteiger partial charge in [0, 0.05) is 12.1 Å². The summed E-state index contributed by atoms with van der Waals surface area (Å²) in [7, 11) is 0. The Kier molecular flexibility index (Phi) is 3.43. The zero-order valence-electron chi connectivity index (χ0n) is 13.0. The van der Waals surface area contributed by atoms with E-state index in [1.165, 1.54) is 20.9 Å². The van der Waals surface area contributed by atoms with Gasteiger partial charge < -0.3 is 0 Å². The van der Waals surface area contributed by atoms with Crippen LogP contribution >= 0.6 is 0 Å². The molecule has 0 bridgehead atoms. The molecule has 1 saturated carbocycles. The number of nitrogens with zero attached hydrogens (tertiary/aromatic N) is 2. The Bertz CT molecular complexity index is 654. The Morgan fingerprint density at radius 2 is 1.30 bits per heavy atom. The molecule has 0 spiro atoms. The zero-order valence-corrected chi connectivity index (χ0v) is 13.0. The predicted molar refractivity (Wildman–Crippen MR) is 83.6 cm³/mol. The van der Waals surface area contributed by atoms with E-state index in [1.54, 1.807) is 0 Å². The van der Waals surface area contributed by atoms with Crippen molar-refractivity contribution in [2.24, 2.45) is 0 Å². The number of hydrogen-bond donors (Lipinski definition) is 0. The van der Waals surface area contributed by atoms with Crippen LogP contribution in [0.1, 0.15) is 43.2 Å². The lowest BCUT2D eigenvalue weighted by atomic mass is 10.1. The fourth-order valence-electron chi connectivity index (χ4n) is 4.23. The first kappa shape index (κ1) is 14.4. The number of hydrogen-bond acceptors (Lipinski definition) is 3. The molecule has 1 aromatic rings. The Labute approximate surface area is 135 Å². The Balaban J connectivity index is 1.59. The van der Waals surface area contributed by atoms with Crippen molar-refractivity contribution in [2.75, 3.05) is 0 Å². The number of benzene rings is 1. The maximum absolute atomic E-state index is 12.9. The van der Waals surface area contributed by atoms with Gasteiger partial charge in [0.2, 0.25) is 11.8 Å². The van der Waals surface area contributed by atoms with Crippen LogP contribution in [0.25, 0.3) is 0 Å². The highest BCUT2D eigenvalue weighted by molar-refractivity contribution is 6.14. The van der Waals surface area contributed by atoms with Gasteiger partial charge in [-0.25, -0.2) is 4.79 Å². The molecule has 1 saturated heterocycles. The number of imide groups is 2. The average Bonchev–Trinajstić information content (AvgIpc) is 3.15. The summed E-state index contributed by atoms with van der Waals surface area (Å²) in [5.41, 5.74) is 2.39. The summed E-state index contributed by atoms with van der Waals surface area (Å²) in [4.78, 5) is 40.2. The number of urea groups is 1. The van der Waals surface area contributed by atoms with Crippen LogP contribution in [-0.2, 0) is 22.4 Å². The van der Waals surface area contributed by atoms with E-state index in [0.29, 0.717) is 12.8 Å². The molecular formula is C18H20N2O3. The summed E-state index contributed by atoms with van der Waals surface area (Å²) in [5.74, 6) is -0.661. The summed E-state index contributed by atoms with van der Waals surface area (Å²) >= 11 is 0. The second kappa shape index (κ2) is 5.48. The minimum Gasteiger partial charge on any atom is -0.274 e. The molecular weight excluding hydrogens is 292 g/mol. The van der Waals surface area contributed by atoms with Gasteiger partial charge in [0.1, 0.15) is 6.42 Å². The lowest BCUT2D eigenvalue weighted by Gasteiger charge is -2.38. The van der Waals surface area contributed by atoms with Crippen LogP contribution < -0.4 is 0 Å². The maximum atomic E-state index is 12.9. The van der Waals surface area contributed by atoms with Gasteiger partial charge in [-0.3, -0.25) is 19.4 Å². The van der Waals surface area contributed by atoms with E-state index in [4.69, 9.17) is 0 Å².